The van der Waals surface area contributed by atoms with E-state index in [0.717, 1.165) is 64.7 Å². The minimum Gasteiger partial charge on any atom is -0.381 e. The smallest absolute Gasteiger partial charge is 0.246 e. The molecule has 0 bridgehead atoms. The molecule has 26 heavy (non-hydrogen) atoms. The maximum atomic E-state index is 11.5. The first-order valence-corrected chi connectivity index (χ1v) is 10.2. The predicted octanol–water partition coefficient (Wildman–Crippen LogP) is 3.05. The van der Waals surface area contributed by atoms with Gasteiger partial charge in [-0.2, -0.15) is 0 Å². The highest BCUT2D eigenvalue weighted by Gasteiger charge is 2.05. The van der Waals surface area contributed by atoms with Crippen molar-refractivity contribution < 1.29 is 19.1 Å². The van der Waals surface area contributed by atoms with E-state index in [1.165, 1.54) is 0 Å². The molecule has 0 radical (unpaired) electrons. The summed E-state index contributed by atoms with van der Waals surface area (Å²) < 4.78 is 11.0. The Kier molecular flexibility index (Phi) is 16.5. The monoisotopic (exact) mass is 372 g/mol. The topological polar surface area (TPSA) is 76.7 Å². The molecule has 1 atom stereocenters. The van der Waals surface area contributed by atoms with E-state index in [0.29, 0.717) is 6.54 Å². The zero-order valence-electron chi connectivity index (χ0n) is 17.3. The largest absolute Gasteiger partial charge is 0.381 e. The molecule has 6 heteroatoms. The molecule has 6 nitrogen and oxygen atoms in total. The van der Waals surface area contributed by atoms with Crippen LogP contribution < -0.4 is 10.6 Å². The highest BCUT2D eigenvalue weighted by molar-refractivity contribution is 5.77. The molecule has 0 rings (SSSR count). The molecular formula is C20H40N2O4. The average Bonchev–Trinajstić information content (AvgIpc) is 2.62. The van der Waals surface area contributed by atoms with Crippen molar-refractivity contribution in [2.24, 2.45) is 5.92 Å². The minimum absolute atomic E-state index is 0.0360. The lowest BCUT2D eigenvalue weighted by Gasteiger charge is -2.10. The third-order valence-electron chi connectivity index (χ3n) is 4.15. The Balaban J connectivity index is 3.22. The number of nitrogens with one attached hydrogen (secondary N) is 2. The molecule has 0 aliphatic heterocycles. The Morgan fingerprint density at radius 2 is 1.42 bits per heavy atom. The summed E-state index contributed by atoms with van der Waals surface area (Å²) in [6.07, 6.45) is 7.19. The summed E-state index contributed by atoms with van der Waals surface area (Å²) in [5.74, 6) is 0.149. The second kappa shape index (κ2) is 17.3. The minimum atomic E-state index is -0.0360. The van der Waals surface area contributed by atoms with Gasteiger partial charge >= 0.3 is 0 Å². The summed E-state index contributed by atoms with van der Waals surface area (Å²) in [6, 6.07) is 0. The van der Waals surface area contributed by atoms with Crippen LogP contribution in [0.5, 0.6) is 0 Å². The summed E-state index contributed by atoms with van der Waals surface area (Å²) in [4.78, 5) is 22.9. The van der Waals surface area contributed by atoms with Crippen LogP contribution in [-0.4, -0.2) is 50.8 Å². The zero-order valence-corrected chi connectivity index (χ0v) is 17.3. The summed E-state index contributed by atoms with van der Waals surface area (Å²) in [6.45, 7) is 11.0. The highest BCUT2D eigenvalue weighted by atomic mass is 16.5. The Labute approximate surface area is 159 Å². The molecule has 2 N–H and O–H groups in total. The second-order valence-electron chi connectivity index (χ2n) is 7.06. The fraction of sp³-hybridized carbons (Fsp3) is 0.900. The number of ether oxygens (including phenoxy) is 2. The molecule has 0 aromatic carbocycles. The molecule has 154 valence electrons. The van der Waals surface area contributed by atoms with Crippen molar-refractivity contribution >= 4 is 11.8 Å². The van der Waals surface area contributed by atoms with E-state index in [1.807, 2.05) is 27.7 Å². The molecule has 0 saturated carbocycles. The van der Waals surface area contributed by atoms with Crippen molar-refractivity contribution in [1.82, 2.24) is 10.6 Å². The van der Waals surface area contributed by atoms with Crippen LogP contribution in [0.4, 0.5) is 0 Å². The lowest BCUT2D eigenvalue weighted by molar-refractivity contribution is -0.127. The molecule has 0 fully saturated rings. The molecule has 2 amide bonds. The SMILES string of the molecule is CCC(C)OCC(=O)NCCCCCOCCCCCNC(=O)C(C)C. The fourth-order valence-corrected chi connectivity index (χ4v) is 2.14. The number of hydrogen-bond donors (Lipinski definition) is 2. The van der Waals surface area contributed by atoms with Crippen LogP contribution in [0.25, 0.3) is 0 Å². The number of carbonyl (C=O) groups excluding carboxylic acids is 2. The molecule has 0 saturated heterocycles. The first kappa shape index (κ1) is 24.9. The molecule has 0 aromatic rings. The molecule has 0 aliphatic rings. The van der Waals surface area contributed by atoms with Gasteiger partial charge in [0.05, 0.1) is 6.10 Å². The summed E-state index contributed by atoms with van der Waals surface area (Å²) in [5.41, 5.74) is 0. The molecule has 0 aliphatic carbocycles. The molecule has 0 heterocycles. The Morgan fingerprint density at radius 3 is 1.96 bits per heavy atom. The zero-order chi connectivity index (χ0) is 19.6. The normalized spacial score (nSPS) is 12.2. The van der Waals surface area contributed by atoms with Crippen LogP contribution >= 0.6 is 0 Å². The van der Waals surface area contributed by atoms with Gasteiger partial charge in [0.2, 0.25) is 11.8 Å². The Morgan fingerprint density at radius 1 is 0.846 bits per heavy atom. The van der Waals surface area contributed by atoms with Crippen molar-refractivity contribution in [3.05, 3.63) is 0 Å². The fourth-order valence-electron chi connectivity index (χ4n) is 2.14. The van der Waals surface area contributed by atoms with E-state index in [4.69, 9.17) is 9.47 Å². The first-order valence-electron chi connectivity index (χ1n) is 10.2. The third kappa shape index (κ3) is 16.3. The van der Waals surface area contributed by atoms with E-state index < -0.39 is 0 Å². The Hall–Kier alpha value is -1.14. The lowest BCUT2D eigenvalue weighted by Crippen LogP contribution is -2.29. The van der Waals surface area contributed by atoms with Crippen molar-refractivity contribution in [3.8, 4) is 0 Å². The van der Waals surface area contributed by atoms with E-state index in [1.54, 1.807) is 0 Å². The van der Waals surface area contributed by atoms with Crippen LogP contribution in [0, 0.1) is 5.92 Å². The van der Waals surface area contributed by atoms with Gasteiger partial charge in [0.15, 0.2) is 0 Å². The van der Waals surface area contributed by atoms with Gasteiger partial charge in [0, 0.05) is 32.2 Å². The van der Waals surface area contributed by atoms with Gasteiger partial charge < -0.3 is 20.1 Å². The third-order valence-corrected chi connectivity index (χ3v) is 4.15. The van der Waals surface area contributed by atoms with Gasteiger partial charge in [0.25, 0.3) is 0 Å². The van der Waals surface area contributed by atoms with Gasteiger partial charge in [0.1, 0.15) is 6.61 Å². The van der Waals surface area contributed by atoms with Crippen LogP contribution in [-0.2, 0) is 19.1 Å². The number of unbranched alkanes of at least 4 members (excludes halogenated alkanes) is 4. The number of amides is 2. The van der Waals surface area contributed by atoms with Crippen molar-refractivity contribution in [3.63, 3.8) is 0 Å². The van der Waals surface area contributed by atoms with E-state index in [-0.39, 0.29) is 30.4 Å². The lowest BCUT2D eigenvalue weighted by atomic mass is 10.2. The number of carbonyl (C=O) groups is 2. The van der Waals surface area contributed by atoms with Gasteiger partial charge in [-0.05, 0) is 51.9 Å². The van der Waals surface area contributed by atoms with E-state index >= 15 is 0 Å². The Bertz CT molecular complexity index is 362. The molecular weight excluding hydrogens is 332 g/mol. The molecule has 1 unspecified atom stereocenters. The summed E-state index contributed by atoms with van der Waals surface area (Å²) in [7, 11) is 0. The van der Waals surface area contributed by atoms with Crippen LogP contribution in [0.15, 0.2) is 0 Å². The summed E-state index contributed by atoms with van der Waals surface area (Å²) >= 11 is 0. The van der Waals surface area contributed by atoms with E-state index in [9.17, 15) is 9.59 Å². The second-order valence-corrected chi connectivity index (χ2v) is 7.06. The maximum Gasteiger partial charge on any atom is 0.246 e. The molecule has 0 aromatic heterocycles. The quantitative estimate of drug-likeness (QED) is 0.385. The van der Waals surface area contributed by atoms with Gasteiger partial charge in [-0.15, -0.1) is 0 Å². The van der Waals surface area contributed by atoms with Gasteiger partial charge in [-0.25, -0.2) is 0 Å². The van der Waals surface area contributed by atoms with Crippen molar-refractivity contribution in [2.45, 2.75) is 78.7 Å². The highest BCUT2D eigenvalue weighted by Crippen LogP contribution is 1.99. The van der Waals surface area contributed by atoms with Crippen molar-refractivity contribution in [1.29, 1.82) is 0 Å². The molecule has 0 spiro atoms. The predicted molar refractivity (Wildman–Crippen MR) is 105 cm³/mol. The number of hydrogen-bond acceptors (Lipinski definition) is 4. The van der Waals surface area contributed by atoms with Crippen LogP contribution in [0.2, 0.25) is 0 Å². The van der Waals surface area contributed by atoms with Crippen LogP contribution in [0.3, 0.4) is 0 Å². The van der Waals surface area contributed by atoms with E-state index in [2.05, 4.69) is 10.6 Å². The van der Waals surface area contributed by atoms with Crippen molar-refractivity contribution in [2.75, 3.05) is 32.9 Å². The standard InChI is InChI=1S/C20H40N2O4/c1-5-18(4)26-16-19(23)21-12-8-6-10-14-25-15-11-7-9-13-22-20(24)17(2)3/h17-18H,5-16H2,1-4H3,(H,21,23)(H,22,24). The maximum absolute atomic E-state index is 11.5. The average molecular weight is 373 g/mol. The van der Waals surface area contributed by atoms with Crippen LogP contribution in [0.1, 0.15) is 72.6 Å². The van der Waals surface area contributed by atoms with Gasteiger partial charge in [-0.1, -0.05) is 20.8 Å². The van der Waals surface area contributed by atoms with Gasteiger partial charge in [-0.3, -0.25) is 9.59 Å². The first-order chi connectivity index (χ1) is 12.5. The summed E-state index contributed by atoms with van der Waals surface area (Å²) in [5, 5.41) is 5.79. The number of rotatable bonds is 17.